The van der Waals surface area contributed by atoms with Crippen molar-refractivity contribution < 1.29 is 4.74 Å². The molecule has 0 radical (unpaired) electrons. The van der Waals surface area contributed by atoms with Crippen LogP contribution in [0.4, 0.5) is 5.69 Å². The van der Waals surface area contributed by atoms with Crippen molar-refractivity contribution in [3.8, 4) is 0 Å². The molecule has 26 heavy (non-hydrogen) atoms. The number of benzene rings is 2. The van der Waals surface area contributed by atoms with Gasteiger partial charge in [-0.05, 0) is 69.1 Å². The minimum atomic E-state index is 0.675. The summed E-state index contributed by atoms with van der Waals surface area (Å²) in [6.45, 7) is 4.82. The average molecular weight is 353 g/mol. The average Bonchev–Trinajstić information content (AvgIpc) is 2.68. The Morgan fingerprint density at radius 2 is 1.50 bits per heavy atom. The fraction of sp³-hybridized carbons (Fsp3) is 0.478. The molecule has 140 valence electrons. The number of rotatable bonds is 8. The van der Waals surface area contributed by atoms with Gasteiger partial charge in [-0.25, -0.2) is 0 Å². The molecular formula is C23H32N2O. The minimum absolute atomic E-state index is 0.675. The number of morpholine rings is 1. The first kappa shape index (κ1) is 18.9. The van der Waals surface area contributed by atoms with Crippen molar-refractivity contribution in [1.82, 2.24) is 4.90 Å². The molecule has 3 nitrogen and oxygen atoms in total. The highest BCUT2D eigenvalue weighted by molar-refractivity contribution is 5.48. The van der Waals surface area contributed by atoms with Crippen molar-refractivity contribution in [3.05, 3.63) is 65.7 Å². The fourth-order valence-electron chi connectivity index (χ4n) is 3.66. The third kappa shape index (κ3) is 5.86. The summed E-state index contributed by atoms with van der Waals surface area (Å²) in [5.41, 5.74) is 4.22. The molecule has 3 rings (SSSR count). The summed E-state index contributed by atoms with van der Waals surface area (Å²) in [6.07, 6.45) is 3.53. The molecule has 1 atom stereocenters. The van der Waals surface area contributed by atoms with Gasteiger partial charge in [0.05, 0.1) is 13.2 Å². The van der Waals surface area contributed by atoms with Crippen LogP contribution in [-0.4, -0.2) is 51.8 Å². The second-order valence-corrected chi connectivity index (χ2v) is 7.62. The molecular weight excluding hydrogens is 320 g/mol. The molecule has 3 heteroatoms. The van der Waals surface area contributed by atoms with Crippen molar-refractivity contribution >= 4 is 5.69 Å². The van der Waals surface area contributed by atoms with E-state index in [0.717, 1.165) is 45.7 Å². The van der Waals surface area contributed by atoms with Crippen LogP contribution in [0.2, 0.25) is 0 Å². The Kier molecular flexibility index (Phi) is 7.10. The van der Waals surface area contributed by atoms with Gasteiger partial charge in [-0.15, -0.1) is 0 Å². The zero-order valence-electron chi connectivity index (χ0n) is 16.2. The molecule has 1 heterocycles. The molecule has 0 bridgehead atoms. The highest BCUT2D eigenvalue weighted by Crippen LogP contribution is 2.22. The maximum atomic E-state index is 5.45. The third-order valence-electron chi connectivity index (χ3n) is 5.19. The normalized spacial score (nSPS) is 16.0. The van der Waals surface area contributed by atoms with Gasteiger partial charge in [0, 0.05) is 18.8 Å². The molecule has 0 aromatic heterocycles. The Morgan fingerprint density at radius 1 is 0.885 bits per heavy atom. The second-order valence-electron chi connectivity index (χ2n) is 7.62. The number of anilines is 1. The SMILES string of the molecule is CN(C)CCC(Cc1ccccc1)Cc1ccc(N2CCOCC2)cc1. The number of ether oxygens (including phenoxy) is 1. The number of hydrogen-bond donors (Lipinski definition) is 0. The van der Waals surface area contributed by atoms with Gasteiger partial charge in [-0.1, -0.05) is 42.5 Å². The maximum Gasteiger partial charge on any atom is 0.0642 e. The summed E-state index contributed by atoms with van der Waals surface area (Å²) in [6, 6.07) is 20.1. The van der Waals surface area contributed by atoms with E-state index >= 15 is 0 Å². The van der Waals surface area contributed by atoms with Crippen LogP contribution in [0.1, 0.15) is 17.5 Å². The smallest absolute Gasteiger partial charge is 0.0642 e. The predicted molar refractivity (Wildman–Crippen MR) is 110 cm³/mol. The van der Waals surface area contributed by atoms with Crippen molar-refractivity contribution in [2.24, 2.45) is 5.92 Å². The Bertz CT molecular complexity index is 633. The van der Waals surface area contributed by atoms with E-state index in [4.69, 9.17) is 4.74 Å². The topological polar surface area (TPSA) is 15.7 Å². The highest BCUT2D eigenvalue weighted by atomic mass is 16.5. The van der Waals surface area contributed by atoms with Gasteiger partial charge in [-0.3, -0.25) is 0 Å². The largest absolute Gasteiger partial charge is 0.378 e. The van der Waals surface area contributed by atoms with Crippen molar-refractivity contribution in [2.45, 2.75) is 19.3 Å². The quantitative estimate of drug-likeness (QED) is 0.717. The molecule has 0 N–H and O–H groups in total. The predicted octanol–water partition coefficient (Wildman–Crippen LogP) is 3.88. The molecule has 0 spiro atoms. The van der Waals surface area contributed by atoms with E-state index in [2.05, 4.69) is 78.5 Å². The van der Waals surface area contributed by atoms with Crippen LogP contribution < -0.4 is 4.90 Å². The molecule has 1 fully saturated rings. The van der Waals surface area contributed by atoms with E-state index < -0.39 is 0 Å². The van der Waals surface area contributed by atoms with Crippen molar-refractivity contribution in [1.29, 1.82) is 0 Å². The van der Waals surface area contributed by atoms with Crippen LogP contribution >= 0.6 is 0 Å². The van der Waals surface area contributed by atoms with Crippen LogP contribution in [0, 0.1) is 5.92 Å². The summed E-state index contributed by atoms with van der Waals surface area (Å²) >= 11 is 0. The van der Waals surface area contributed by atoms with Gasteiger partial charge in [0.1, 0.15) is 0 Å². The van der Waals surface area contributed by atoms with Gasteiger partial charge in [-0.2, -0.15) is 0 Å². The van der Waals surface area contributed by atoms with E-state index in [0.29, 0.717) is 5.92 Å². The second kappa shape index (κ2) is 9.75. The van der Waals surface area contributed by atoms with Crippen LogP contribution in [0.5, 0.6) is 0 Å². The lowest BCUT2D eigenvalue weighted by Gasteiger charge is -2.29. The molecule has 2 aromatic carbocycles. The lowest BCUT2D eigenvalue weighted by atomic mass is 9.89. The van der Waals surface area contributed by atoms with Crippen LogP contribution in [0.25, 0.3) is 0 Å². The first-order valence-corrected chi connectivity index (χ1v) is 9.81. The van der Waals surface area contributed by atoms with Crippen molar-refractivity contribution in [3.63, 3.8) is 0 Å². The molecule has 1 unspecified atom stereocenters. The van der Waals surface area contributed by atoms with Crippen molar-refractivity contribution in [2.75, 3.05) is 51.8 Å². The number of hydrogen-bond acceptors (Lipinski definition) is 3. The van der Waals surface area contributed by atoms with Gasteiger partial charge < -0.3 is 14.5 Å². The Morgan fingerprint density at radius 3 is 2.12 bits per heavy atom. The Labute approximate surface area is 158 Å². The summed E-state index contributed by atoms with van der Waals surface area (Å²) < 4.78 is 5.45. The lowest BCUT2D eigenvalue weighted by Crippen LogP contribution is -2.36. The first-order chi connectivity index (χ1) is 12.7. The van der Waals surface area contributed by atoms with E-state index in [-0.39, 0.29) is 0 Å². The van der Waals surface area contributed by atoms with E-state index in [1.807, 2.05) is 0 Å². The summed E-state index contributed by atoms with van der Waals surface area (Å²) in [5, 5.41) is 0. The molecule has 1 aliphatic heterocycles. The summed E-state index contributed by atoms with van der Waals surface area (Å²) in [7, 11) is 4.33. The highest BCUT2D eigenvalue weighted by Gasteiger charge is 2.14. The number of nitrogens with zero attached hydrogens (tertiary/aromatic N) is 2. The third-order valence-corrected chi connectivity index (χ3v) is 5.19. The zero-order valence-corrected chi connectivity index (χ0v) is 16.2. The van der Waals surface area contributed by atoms with Gasteiger partial charge in [0.15, 0.2) is 0 Å². The maximum absolute atomic E-state index is 5.45. The molecule has 1 saturated heterocycles. The zero-order chi connectivity index (χ0) is 18.2. The fourth-order valence-corrected chi connectivity index (χ4v) is 3.66. The summed E-state index contributed by atoms with van der Waals surface area (Å²) in [4.78, 5) is 4.71. The molecule has 0 amide bonds. The van der Waals surface area contributed by atoms with Crippen LogP contribution in [-0.2, 0) is 17.6 Å². The van der Waals surface area contributed by atoms with Gasteiger partial charge >= 0.3 is 0 Å². The monoisotopic (exact) mass is 352 g/mol. The molecule has 2 aromatic rings. The van der Waals surface area contributed by atoms with Crippen LogP contribution in [0.15, 0.2) is 54.6 Å². The van der Waals surface area contributed by atoms with E-state index in [1.54, 1.807) is 0 Å². The standard InChI is InChI=1S/C23H32N2O/c1-24(2)13-12-22(18-20-6-4-3-5-7-20)19-21-8-10-23(11-9-21)25-14-16-26-17-15-25/h3-11,22H,12-19H2,1-2H3. The van der Waals surface area contributed by atoms with Gasteiger partial charge in [0.25, 0.3) is 0 Å². The Balaban J connectivity index is 1.63. The molecule has 1 aliphatic rings. The van der Waals surface area contributed by atoms with E-state index in [1.165, 1.54) is 23.2 Å². The first-order valence-electron chi connectivity index (χ1n) is 9.81. The molecule has 0 aliphatic carbocycles. The molecule has 0 saturated carbocycles. The van der Waals surface area contributed by atoms with E-state index in [9.17, 15) is 0 Å². The summed E-state index contributed by atoms with van der Waals surface area (Å²) in [5.74, 6) is 0.675. The lowest BCUT2D eigenvalue weighted by molar-refractivity contribution is 0.122. The van der Waals surface area contributed by atoms with Gasteiger partial charge in [0.2, 0.25) is 0 Å². The minimum Gasteiger partial charge on any atom is -0.378 e. The van der Waals surface area contributed by atoms with Crippen LogP contribution in [0.3, 0.4) is 0 Å². The Hall–Kier alpha value is -1.84.